The lowest BCUT2D eigenvalue weighted by molar-refractivity contribution is -0.139. The number of nitrogens with zero attached hydrogens (tertiary/aromatic N) is 2. The minimum atomic E-state index is -0.601. The van der Waals surface area contributed by atoms with Crippen LogP contribution < -0.4 is 15.5 Å². The normalized spacial score (nSPS) is 18.9. The number of hydrogen-bond donors (Lipinski definition) is 2. The molecule has 2 N–H and O–H groups in total. The molecule has 0 unspecified atom stereocenters. The molecule has 176 valence electrons. The van der Waals surface area contributed by atoms with Crippen LogP contribution in [0.2, 0.25) is 0 Å². The zero-order chi connectivity index (χ0) is 23.2. The second-order valence-electron chi connectivity index (χ2n) is 9.05. The van der Waals surface area contributed by atoms with Gasteiger partial charge in [-0.25, -0.2) is 0 Å². The minimum Gasteiger partial charge on any atom is -0.378 e. The van der Waals surface area contributed by atoms with Gasteiger partial charge in [0.2, 0.25) is 0 Å². The van der Waals surface area contributed by atoms with Crippen LogP contribution in [-0.2, 0) is 27.3 Å². The number of ether oxygens (including phenoxy) is 1. The lowest BCUT2D eigenvalue weighted by Crippen LogP contribution is -2.46. The molecule has 1 fully saturated rings. The highest BCUT2D eigenvalue weighted by Crippen LogP contribution is 2.28. The van der Waals surface area contributed by atoms with E-state index in [1.54, 1.807) is 0 Å². The Hall–Kier alpha value is -2.90. The van der Waals surface area contributed by atoms with Crippen molar-refractivity contribution in [1.82, 2.24) is 15.5 Å². The maximum absolute atomic E-state index is 12.5. The van der Waals surface area contributed by atoms with Crippen LogP contribution in [-0.4, -0.2) is 63.2 Å². The van der Waals surface area contributed by atoms with E-state index in [4.69, 9.17) is 4.74 Å². The van der Waals surface area contributed by atoms with E-state index in [9.17, 15) is 9.59 Å². The summed E-state index contributed by atoms with van der Waals surface area (Å²) in [5.41, 5.74) is 4.95. The molecular formula is C26H34N4O3. The molecule has 2 heterocycles. The third kappa shape index (κ3) is 5.92. The van der Waals surface area contributed by atoms with Gasteiger partial charge >= 0.3 is 11.8 Å². The highest BCUT2D eigenvalue weighted by molar-refractivity contribution is 6.35. The number of carbonyl (C=O) groups is 2. The number of fused-ring (bicyclic) bond motifs is 1. The van der Waals surface area contributed by atoms with Gasteiger partial charge in [0.15, 0.2) is 0 Å². The molecule has 33 heavy (non-hydrogen) atoms. The van der Waals surface area contributed by atoms with Crippen molar-refractivity contribution < 1.29 is 14.3 Å². The zero-order valence-electron chi connectivity index (χ0n) is 19.5. The molecule has 2 aliphatic heterocycles. The Labute approximate surface area is 196 Å². The number of rotatable bonds is 7. The van der Waals surface area contributed by atoms with E-state index in [0.717, 1.165) is 50.2 Å². The molecule has 2 amide bonds. The Morgan fingerprint density at radius 1 is 1.06 bits per heavy atom. The second kappa shape index (κ2) is 10.8. The van der Waals surface area contributed by atoms with Crippen LogP contribution in [0.3, 0.4) is 0 Å². The Kier molecular flexibility index (Phi) is 7.62. The van der Waals surface area contributed by atoms with Crippen LogP contribution in [0, 0.1) is 0 Å². The first-order valence-electron chi connectivity index (χ1n) is 11.8. The van der Waals surface area contributed by atoms with E-state index in [1.165, 1.54) is 11.1 Å². The second-order valence-corrected chi connectivity index (χ2v) is 9.05. The van der Waals surface area contributed by atoms with Crippen LogP contribution >= 0.6 is 0 Å². The lowest BCUT2D eigenvalue weighted by atomic mass is 9.96. The van der Waals surface area contributed by atoms with Gasteiger partial charge in [-0.15, -0.1) is 0 Å². The Bertz CT molecular complexity index is 954. The van der Waals surface area contributed by atoms with Crippen molar-refractivity contribution >= 4 is 17.5 Å². The van der Waals surface area contributed by atoms with Crippen molar-refractivity contribution in [2.45, 2.75) is 38.0 Å². The summed E-state index contributed by atoms with van der Waals surface area (Å²) in [4.78, 5) is 29.3. The summed E-state index contributed by atoms with van der Waals surface area (Å²) in [5.74, 6) is -1.20. The quantitative estimate of drug-likeness (QED) is 0.633. The first kappa shape index (κ1) is 23.3. The van der Waals surface area contributed by atoms with E-state index in [2.05, 4.69) is 69.0 Å². The summed E-state index contributed by atoms with van der Waals surface area (Å²) in [6.07, 6.45) is 2.90. The summed E-state index contributed by atoms with van der Waals surface area (Å²) < 4.78 is 5.52. The van der Waals surface area contributed by atoms with Crippen molar-refractivity contribution in [2.24, 2.45) is 0 Å². The number of benzene rings is 2. The summed E-state index contributed by atoms with van der Waals surface area (Å²) in [6, 6.07) is 16.9. The zero-order valence-corrected chi connectivity index (χ0v) is 19.5. The number of amides is 2. The fraction of sp³-hybridized carbons (Fsp3) is 0.462. The lowest BCUT2D eigenvalue weighted by Gasteiger charge is -2.36. The predicted octanol–water partition coefficient (Wildman–Crippen LogP) is 2.26. The van der Waals surface area contributed by atoms with Gasteiger partial charge in [-0.2, -0.15) is 0 Å². The van der Waals surface area contributed by atoms with E-state index >= 15 is 0 Å². The van der Waals surface area contributed by atoms with Crippen LogP contribution in [0.25, 0.3) is 0 Å². The molecule has 0 saturated carbocycles. The molecule has 2 aliphatic rings. The summed E-state index contributed by atoms with van der Waals surface area (Å²) >= 11 is 0. The third-order valence-corrected chi connectivity index (χ3v) is 6.57. The van der Waals surface area contributed by atoms with Crippen LogP contribution in [0.1, 0.15) is 35.6 Å². The van der Waals surface area contributed by atoms with E-state index in [1.807, 2.05) is 14.1 Å². The summed E-state index contributed by atoms with van der Waals surface area (Å²) in [5, 5.41) is 5.58. The predicted molar refractivity (Wildman–Crippen MR) is 129 cm³/mol. The Morgan fingerprint density at radius 3 is 2.48 bits per heavy atom. The molecular weight excluding hydrogens is 416 g/mol. The molecule has 0 aromatic heterocycles. The maximum atomic E-state index is 12.5. The van der Waals surface area contributed by atoms with Gasteiger partial charge in [0.05, 0.1) is 12.1 Å². The highest BCUT2D eigenvalue weighted by Gasteiger charge is 2.26. The standard InChI is InChI=1S/C26H34N4O3/c1-29(2)22-11-9-20(10-12-22)24(30-14-13-19-6-3-4-7-21(19)18-30)17-28-26(32)25(31)27-16-23-8-5-15-33-23/h3-4,6-7,9-12,23-24H,5,8,13-18H2,1-2H3,(H,27,31)(H,28,32)/t23-,24+/m0/s1. The molecule has 2 aromatic carbocycles. The smallest absolute Gasteiger partial charge is 0.309 e. The first-order chi connectivity index (χ1) is 16.0. The summed E-state index contributed by atoms with van der Waals surface area (Å²) in [7, 11) is 4.03. The van der Waals surface area contributed by atoms with Gasteiger partial charge in [-0.3, -0.25) is 14.5 Å². The number of hydrogen-bond acceptors (Lipinski definition) is 5. The van der Waals surface area contributed by atoms with Gasteiger partial charge in [0.25, 0.3) is 0 Å². The van der Waals surface area contributed by atoms with Gasteiger partial charge in [0.1, 0.15) is 0 Å². The van der Waals surface area contributed by atoms with Crippen molar-refractivity contribution in [3.05, 3.63) is 65.2 Å². The molecule has 2 aromatic rings. The minimum absolute atomic E-state index is 0.0122. The van der Waals surface area contributed by atoms with Crippen molar-refractivity contribution in [3.8, 4) is 0 Å². The third-order valence-electron chi connectivity index (χ3n) is 6.57. The molecule has 0 bridgehead atoms. The SMILES string of the molecule is CN(C)c1ccc([C@@H](CNC(=O)C(=O)NC[C@@H]2CCCO2)N2CCc3ccccc3C2)cc1. The van der Waals surface area contributed by atoms with E-state index < -0.39 is 11.8 Å². The average molecular weight is 451 g/mol. The fourth-order valence-electron chi connectivity index (χ4n) is 4.60. The van der Waals surface area contributed by atoms with E-state index in [-0.39, 0.29) is 12.1 Å². The van der Waals surface area contributed by atoms with Crippen molar-refractivity contribution in [3.63, 3.8) is 0 Å². The summed E-state index contributed by atoms with van der Waals surface area (Å²) in [6.45, 7) is 3.19. The molecule has 7 heteroatoms. The fourth-order valence-corrected chi connectivity index (χ4v) is 4.60. The largest absolute Gasteiger partial charge is 0.378 e. The van der Waals surface area contributed by atoms with Crippen LogP contribution in [0.4, 0.5) is 5.69 Å². The topological polar surface area (TPSA) is 73.9 Å². The molecule has 0 radical (unpaired) electrons. The monoisotopic (exact) mass is 450 g/mol. The molecule has 4 rings (SSSR count). The number of carbonyl (C=O) groups excluding carboxylic acids is 2. The van der Waals surface area contributed by atoms with Gasteiger partial charge in [-0.05, 0) is 48.1 Å². The van der Waals surface area contributed by atoms with Crippen LogP contribution in [0.5, 0.6) is 0 Å². The van der Waals surface area contributed by atoms with Crippen molar-refractivity contribution in [1.29, 1.82) is 0 Å². The Morgan fingerprint density at radius 2 is 1.79 bits per heavy atom. The highest BCUT2D eigenvalue weighted by atomic mass is 16.5. The first-order valence-corrected chi connectivity index (χ1v) is 11.8. The molecule has 1 saturated heterocycles. The van der Waals surface area contributed by atoms with E-state index in [0.29, 0.717) is 13.1 Å². The van der Waals surface area contributed by atoms with Gasteiger partial charge in [0, 0.05) is 52.6 Å². The molecule has 7 nitrogen and oxygen atoms in total. The van der Waals surface area contributed by atoms with Gasteiger partial charge in [-0.1, -0.05) is 36.4 Å². The van der Waals surface area contributed by atoms with Crippen molar-refractivity contribution in [2.75, 3.05) is 45.2 Å². The molecule has 0 spiro atoms. The average Bonchev–Trinajstić information content (AvgIpc) is 3.36. The maximum Gasteiger partial charge on any atom is 0.309 e. The number of anilines is 1. The van der Waals surface area contributed by atoms with Gasteiger partial charge < -0.3 is 20.3 Å². The number of nitrogens with one attached hydrogen (secondary N) is 2. The molecule has 0 aliphatic carbocycles. The molecule has 2 atom stereocenters. The Balaban J connectivity index is 1.43. The van der Waals surface area contributed by atoms with Crippen LogP contribution in [0.15, 0.2) is 48.5 Å².